The molecule has 0 aromatic heterocycles. The Balaban J connectivity index is 2.05. The lowest BCUT2D eigenvalue weighted by Gasteiger charge is -2.29. The summed E-state index contributed by atoms with van der Waals surface area (Å²) in [5, 5.41) is 12.2. The molecule has 1 heterocycles. The van der Waals surface area contributed by atoms with Gasteiger partial charge in [-0.05, 0) is 58.3 Å². The van der Waals surface area contributed by atoms with Crippen LogP contribution in [0.4, 0.5) is 0 Å². The molecule has 0 spiro atoms. The molecule has 0 radical (unpaired) electrons. The van der Waals surface area contributed by atoms with Crippen molar-refractivity contribution in [1.29, 1.82) is 0 Å². The van der Waals surface area contributed by atoms with Crippen LogP contribution in [-0.2, 0) is 4.79 Å². The van der Waals surface area contributed by atoms with Crippen LogP contribution in [0.3, 0.4) is 0 Å². The third kappa shape index (κ3) is 5.50. The van der Waals surface area contributed by atoms with E-state index >= 15 is 0 Å². The van der Waals surface area contributed by atoms with E-state index in [4.69, 9.17) is 5.11 Å². The molecule has 2 N–H and O–H groups in total. The van der Waals surface area contributed by atoms with Gasteiger partial charge in [0.1, 0.15) is 0 Å². The van der Waals surface area contributed by atoms with Crippen molar-refractivity contribution in [2.45, 2.75) is 32.6 Å². The molecule has 1 saturated heterocycles. The summed E-state index contributed by atoms with van der Waals surface area (Å²) in [6.45, 7) is 5.91. The summed E-state index contributed by atoms with van der Waals surface area (Å²) in [6.07, 6.45) is 4.46. The van der Waals surface area contributed by atoms with Gasteiger partial charge in [-0.25, -0.2) is 0 Å². The molecule has 4 nitrogen and oxygen atoms in total. The smallest absolute Gasteiger partial charge is 0.307 e. The zero-order valence-electron chi connectivity index (χ0n) is 11.1. The molecule has 4 heteroatoms. The largest absolute Gasteiger partial charge is 0.481 e. The van der Waals surface area contributed by atoms with Gasteiger partial charge in [0.25, 0.3) is 0 Å². The molecule has 0 aromatic carbocycles. The maximum atomic E-state index is 10.8. The van der Waals surface area contributed by atoms with Gasteiger partial charge < -0.3 is 15.3 Å². The molecule has 0 aliphatic carbocycles. The molecule has 100 valence electrons. The van der Waals surface area contributed by atoms with Gasteiger partial charge in [-0.15, -0.1) is 0 Å². The SMILES string of the molecule is CCC(CNCCC1CCN(C)CC1)C(=O)O. The van der Waals surface area contributed by atoms with Crippen LogP contribution in [-0.4, -0.2) is 49.2 Å². The Kier molecular flexibility index (Phi) is 6.52. The first-order valence-corrected chi connectivity index (χ1v) is 6.75. The number of rotatable bonds is 7. The second-order valence-electron chi connectivity index (χ2n) is 5.18. The van der Waals surface area contributed by atoms with E-state index in [1.165, 1.54) is 32.4 Å². The van der Waals surface area contributed by atoms with Gasteiger partial charge in [0.05, 0.1) is 5.92 Å². The van der Waals surface area contributed by atoms with Gasteiger partial charge in [-0.1, -0.05) is 6.92 Å². The Morgan fingerprint density at radius 3 is 2.65 bits per heavy atom. The Hall–Kier alpha value is -0.610. The van der Waals surface area contributed by atoms with Crippen molar-refractivity contribution in [2.24, 2.45) is 11.8 Å². The molecular formula is C13H26N2O2. The maximum absolute atomic E-state index is 10.8. The highest BCUT2D eigenvalue weighted by molar-refractivity contribution is 5.70. The van der Waals surface area contributed by atoms with Crippen LogP contribution in [0.1, 0.15) is 32.6 Å². The number of hydrogen-bond acceptors (Lipinski definition) is 3. The first kappa shape index (κ1) is 14.5. The lowest BCUT2D eigenvalue weighted by molar-refractivity contribution is -0.141. The molecule has 0 aromatic rings. The molecule has 1 aliphatic heterocycles. The first-order valence-electron chi connectivity index (χ1n) is 6.75. The van der Waals surface area contributed by atoms with Crippen molar-refractivity contribution in [3.05, 3.63) is 0 Å². The second-order valence-corrected chi connectivity index (χ2v) is 5.18. The van der Waals surface area contributed by atoms with E-state index in [0.717, 1.165) is 12.5 Å². The molecule has 0 amide bonds. The van der Waals surface area contributed by atoms with Crippen LogP contribution in [0, 0.1) is 11.8 Å². The number of nitrogens with one attached hydrogen (secondary N) is 1. The Bertz CT molecular complexity index is 225. The van der Waals surface area contributed by atoms with Crippen molar-refractivity contribution < 1.29 is 9.90 Å². The molecule has 1 fully saturated rings. The zero-order valence-corrected chi connectivity index (χ0v) is 11.1. The summed E-state index contributed by atoms with van der Waals surface area (Å²) in [4.78, 5) is 13.2. The third-order valence-electron chi connectivity index (χ3n) is 3.80. The lowest BCUT2D eigenvalue weighted by atomic mass is 9.94. The lowest BCUT2D eigenvalue weighted by Crippen LogP contribution is -2.33. The van der Waals surface area contributed by atoms with Crippen molar-refractivity contribution >= 4 is 5.97 Å². The van der Waals surface area contributed by atoms with E-state index in [2.05, 4.69) is 17.3 Å². The average Bonchev–Trinajstić information content (AvgIpc) is 2.31. The average molecular weight is 242 g/mol. The fraction of sp³-hybridized carbons (Fsp3) is 0.923. The molecule has 17 heavy (non-hydrogen) atoms. The monoisotopic (exact) mass is 242 g/mol. The van der Waals surface area contributed by atoms with Gasteiger partial charge in [-0.2, -0.15) is 0 Å². The summed E-state index contributed by atoms with van der Waals surface area (Å²) in [5.41, 5.74) is 0. The summed E-state index contributed by atoms with van der Waals surface area (Å²) in [7, 11) is 2.17. The fourth-order valence-electron chi connectivity index (χ4n) is 2.34. The minimum atomic E-state index is -0.681. The number of carboxylic acid groups (broad SMARTS) is 1. The van der Waals surface area contributed by atoms with E-state index in [0.29, 0.717) is 13.0 Å². The van der Waals surface area contributed by atoms with Gasteiger partial charge >= 0.3 is 5.97 Å². The van der Waals surface area contributed by atoms with Gasteiger partial charge in [-0.3, -0.25) is 4.79 Å². The molecular weight excluding hydrogens is 216 g/mol. The molecule has 1 aliphatic rings. The minimum absolute atomic E-state index is 0.229. The predicted molar refractivity (Wildman–Crippen MR) is 69.1 cm³/mol. The first-order chi connectivity index (χ1) is 8.13. The summed E-state index contributed by atoms with van der Waals surface area (Å²) in [6, 6.07) is 0. The van der Waals surface area contributed by atoms with Crippen LogP contribution in [0.25, 0.3) is 0 Å². The molecule has 1 rings (SSSR count). The van der Waals surface area contributed by atoms with E-state index < -0.39 is 5.97 Å². The van der Waals surface area contributed by atoms with Crippen molar-refractivity contribution in [1.82, 2.24) is 10.2 Å². The number of hydrogen-bond donors (Lipinski definition) is 2. The van der Waals surface area contributed by atoms with Crippen LogP contribution in [0.15, 0.2) is 0 Å². The predicted octanol–water partition coefficient (Wildman–Crippen LogP) is 1.42. The van der Waals surface area contributed by atoms with Crippen LogP contribution < -0.4 is 5.32 Å². The van der Waals surface area contributed by atoms with Crippen LogP contribution in [0.2, 0.25) is 0 Å². The standard InChI is InChI=1S/C13H26N2O2/c1-3-12(13(16)17)10-14-7-4-11-5-8-15(2)9-6-11/h11-12,14H,3-10H2,1-2H3,(H,16,17). The van der Waals surface area contributed by atoms with E-state index in [9.17, 15) is 4.79 Å². The molecule has 0 bridgehead atoms. The Morgan fingerprint density at radius 2 is 2.12 bits per heavy atom. The number of carboxylic acids is 1. The van der Waals surface area contributed by atoms with E-state index in [1.807, 2.05) is 6.92 Å². The number of carbonyl (C=O) groups is 1. The summed E-state index contributed by atoms with van der Waals surface area (Å²) >= 11 is 0. The van der Waals surface area contributed by atoms with Crippen LogP contribution >= 0.6 is 0 Å². The topological polar surface area (TPSA) is 52.6 Å². The van der Waals surface area contributed by atoms with Crippen LogP contribution in [0.5, 0.6) is 0 Å². The highest BCUT2D eigenvalue weighted by atomic mass is 16.4. The van der Waals surface area contributed by atoms with Crippen molar-refractivity contribution in [2.75, 3.05) is 33.2 Å². The third-order valence-corrected chi connectivity index (χ3v) is 3.80. The molecule has 1 atom stereocenters. The van der Waals surface area contributed by atoms with E-state index in [-0.39, 0.29) is 5.92 Å². The Labute approximate surface area is 104 Å². The number of likely N-dealkylation sites (tertiary alicyclic amines) is 1. The summed E-state index contributed by atoms with van der Waals surface area (Å²) in [5.74, 6) is -0.0876. The number of aliphatic carboxylic acids is 1. The second kappa shape index (κ2) is 7.67. The minimum Gasteiger partial charge on any atom is -0.481 e. The molecule has 1 unspecified atom stereocenters. The number of piperidine rings is 1. The maximum Gasteiger partial charge on any atom is 0.307 e. The summed E-state index contributed by atoms with van der Waals surface area (Å²) < 4.78 is 0. The number of nitrogens with zero attached hydrogens (tertiary/aromatic N) is 1. The normalized spacial score (nSPS) is 20.4. The Morgan fingerprint density at radius 1 is 1.47 bits per heavy atom. The van der Waals surface area contributed by atoms with Gasteiger partial charge in [0, 0.05) is 6.54 Å². The van der Waals surface area contributed by atoms with Crippen molar-refractivity contribution in [3.63, 3.8) is 0 Å². The quantitative estimate of drug-likeness (QED) is 0.663. The van der Waals surface area contributed by atoms with E-state index in [1.54, 1.807) is 0 Å². The van der Waals surface area contributed by atoms with Gasteiger partial charge in [0.15, 0.2) is 0 Å². The molecule has 0 saturated carbocycles. The highest BCUT2D eigenvalue weighted by Gasteiger charge is 2.17. The highest BCUT2D eigenvalue weighted by Crippen LogP contribution is 2.18. The van der Waals surface area contributed by atoms with Crippen molar-refractivity contribution in [3.8, 4) is 0 Å². The fourth-order valence-corrected chi connectivity index (χ4v) is 2.34. The van der Waals surface area contributed by atoms with Gasteiger partial charge in [0.2, 0.25) is 0 Å². The zero-order chi connectivity index (χ0) is 12.7.